The molecule has 0 bridgehead atoms. The third-order valence-corrected chi connectivity index (χ3v) is 4.36. The number of hydrogen-bond donors (Lipinski definition) is 2. The fourth-order valence-electron chi connectivity index (χ4n) is 2.20. The van der Waals surface area contributed by atoms with Gasteiger partial charge in [0.1, 0.15) is 5.82 Å². The lowest BCUT2D eigenvalue weighted by Gasteiger charge is -2.08. The van der Waals surface area contributed by atoms with E-state index in [1.54, 1.807) is 36.4 Å². The van der Waals surface area contributed by atoms with Gasteiger partial charge in [-0.15, -0.1) is 11.3 Å². The molecule has 0 aliphatic heterocycles. The summed E-state index contributed by atoms with van der Waals surface area (Å²) in [6, 6.07) is 15.4. The Bertz CT molecular complexity index is 993. The van der Waals surface area contributed by atoms with E-state index in [9.17, 15) is 14.0 Å². The van der Waals surface area contributed by atoms with Gasteiger partial charge in [-0.1, -0.05) is 6.07 Å². The van der Waals surface area contributed by atoms with E-state index < -0.39 is 11.7 Å². The molecule has 0 aliphatic rings. The molecule has 3 rings (SSSR count). The monoisotopic (exact) mass is 365 g/mol. The average Bonchev–Trinajstić information content (AvgIpc) is 3.18. The Hall–Kier alpha value is -3.50. The first kappa shape index (κ1) is 17.3. The van der Waals surface area contributed by atoms with Gasteiger partial charge in [-0.2, -0.15) is 5.26 Å². The lowest BCUT2D eigenvalue weighted by Crippen LogP contribution is -2.14. The first-order chi connectivity index (χ1) is 12.6. The first-order valence-electron chi connectivity index (χ1n) is 7.53. The average molecular weight is 365 g/mol. The molecular weight excluding hydrogens is 353 g/mol. The second-order valence-electron chi connectivity index (χ2n) is 5.27. The zero-order chi connectivity index (χ0) is 18.5. The van der Waals surface area contributed by atoms with Crippen molar-refractivity contribution in [2.45, 2.75) is 0 Å². The molecule has 7 heteroatoms. The van der Waals surface area contributed by atoms with E-state index in [0.29, 0.717) is 16.3 Å². The van der Waals surface area contributed by atoms with Gasteiger partial charge < -0.3 is 10.6 Å². The fourth-order valence-corrected chi connectivity index (χ4v) is 2.82. The summed E-state index contributed by atoms with van der Waals surface area (Å²) in [5.41, 5.74) is 1.02. The summed E-state index contributed by atoms with van der Waals surface area (Å²) >= 11 is 1.34. The Morgan fingerprint density at radius 3 is 2.15 bits per heavy atom. The van der Waals surface area contributed by atoms with Crippen LogP contribution in [0.5, 0.6) is 0 Å². The molecule has 0 aliphatic carbocycles. The number of nitrogens with zero attached hydrogens (tertiary/aromatic N) is 1. The molecule has 1 heterocycles. The summed E-state index contributed by atoms with van der Waals surface area (Å²) in [6.07, 6.45) is 0. The molecule has 26 heavy (non-hydrogen) atoms. The number of anilines is 2. The summed E-state index contributed by atoms with van der Waals surface area (Å²) in [5.74, 6) is -1.60. The molecule has 3 aromatic rings. The molecule has 0 atom stereocenters. The van der Waals surface area contributed by atoms with Gasteiger partial charge in [0.05, 0.1) is 22.1 Å². The highest BCUT2D eigenvalue weighted by molar-refractivity contribution is 7.12. The SMILES string of the molecule is N#Cc1ccc(C(=O)Nc2ccc(NC(=O)c3cccs3)cc2)c(F)c1. The van der Waals surface area contributed by atoms with Crippen molar-refractivity contribution in [1.82, 2.24) is 0 Å². The van der Waals surface area contributed by atoms with Gasteiger partial charge in [-0.05, 0) is 53.9 Å². The van der Waals surface area contributed by atoms with Gasteiger partial charge in [0.15, 0.2) is 0 Å². The number of nitrogens with one attached hydrogen (secondary N) is 2. The van der Waals surface area contributed by atoms with Crippen molar-refractivity contribution in [3.63, 3.8) is 0 Å². The van der Waals surface area contributed by atoms with Crippen LogP contribution in [0.2, 0.25) is 0 Å². The summed E-state index contributed by atoms with van der Waals surface area (Å²) < 4.78 is 13.9. The van der Waals surface area contributed by atoms with E-state index >= 15 is 0 Å². The van der Waals surface area contributed by atoms with E-state index in [1.165, 1.54) is 23.5 Å². The van der Waals surface area contributed by atoms with Crippen LogP contribution >= 0.6 is 11.3 Å². The van der Waals surface area contributed by atoms with Gasteiger partial charge in [-0.3, -0.25) is 9.59 Å². The normalized spacial score (nSPS) is 10.0. The van der Waals surface area contributed by atoms with Crippen LogP contribution < -0.4 is 10.6 Å². The number of carbonyl (C=O) groups excluding carboxylic acids is 2. The third kappa shape index (κ3) is 3.94. The Morgan fingerprint density at radius 1 is 0.962 bits per heavy atom. The number of hydrogen-bond acceptors (Lipinski definition) is 4. The number of halogens is 1. The first-order valence-corrected chi connectivity index (χ1v) is 8.41. The molecule has 0 spiro atoms. The van der Waals surface area contributed by atoms with Crippen molar-refractivity contribution in [3.05, 3.63) is 81.8 Å². The minimum Gasteiger partial charge on any atom is -0.322 e. The van der Waals surface area contributed by atoms with Gasteiger partial charge in [0.2, 0.25) is 0 Å². The van der Waals surface area contributed by atoms with E-state index in [4.69, 9.17) is 5.26 Å². The Balaban J connectivity index is 1.66. The molecule has 0 saturated heterocycles. The number of carbonyl (C=O) groups is 2. The maximum atomic E-state index is 13.9. The Kier molecular flexibility index (Phi) is 5.06. The number of benzene rings is 2. The summed E-state index contributed by atoms with van der Waals surface area (Å²) in [6.45, 7) is 0. The van der Waals surface area contributed by atoms with Crippen molar-refractivity contribution in [2.24, 2.45) is 0 Å². The minimum absolute atomic E-state index is 0.143. The van der Waals surface area contributed by atoms with E-state index in [0.717, 1.165) is 6.07 Å². The van der Waals surface area contributed by atoms with Crippen LogP contribution in [0.3, 0.4) is 0 Å². The molecule has 0 unspecified atom stereocenters. The van der Waals surface area contributed by atoms with Crippen molar-refractivity contribution < 1.29 is 14.0 Å². The van der Waals surface area contributed by atoms with Gasteiger partial charge in [-0.25, -0.2) is 4.39 Å². The van der Waals surface area contributed by atoms with Gasteiger partial charge >= 0.3 is 0 Å². The van der Waals surface area contributed by atoms with Crippen molar-refractivity contribution >= 4 is 34.5 Å². The standard InChI is InChI=1S/C19H12FN3O2S/c20-16-10-12(11-21)3-8-15(16)18(24)22-13-4-6-14(7-5-13)23-19(25)17-2-1-9-26-17/h1-10H,(H,22,24)(H,23,25). The number of nitriles is 1. The minimum atomic E-state index is -0.763. The Labute approximate surface area is 152 Å². The maximum Gasteiger partial charge on any atom is 0.265 e. The Morgan fingerprint density at radius 2 is 1.62 bits per heavy atom. The lowest BCUT2D eigenvalue weighted by molar-refractivity contribution is 0.101. The van der Waals surface area contributed by atoms with E-state index in [-0.39, 0.29) is 17.0 Å². The highest BCUT2D eigenvalue weighted by Crippen LogP contribution is 2.18. The van der Waals surface area contributed by atoms with Crippen LogP contribution in [-0.2, 0) is 0 Å². The molecule has 0 radical (unpaired) electrons. The number of amides is 2. The lowest BCUT2D eigenvalue weighted by atomic mass is 10.1. The van der Waals surface area contributed by atoms with Crippen LogP contribution in [0.25, 0.3) is 0 Å². The summed E-state index contributed by atoms with van der Waals surface area (Å²) in [5, 5.41) is 15.9. The van der Waals surface area contributed by atoms with E-state index in [1.807, 2.05) is 11.4 Å². The summed E-state index contributed by atoms with van der Waals surface area (Å²) in [4.78, 5) is 24.7. The van der Waals surface area contributed by atoms with E-state index in [2.05, 4.69) is 10.6 Å². The molecular formula is C19H12FN3O2S. The predicted molar refractivity (Wildman–Crippen MR) is 97.8 cm³/mol. The second-order valence-corrected chi connectivity index (χ2v) is 6.22. The number of thiophene rings is 1. The topological polar surface area (TPSA) is 82.0 Å². The molecule has 1 aromatic heterocycles. The van der Waals surface area contributed by atoms with Crippen LogP contribution in [0.4, 0.5) is 15.8 Å². The molecule has 2 amide bonds. The maximum absolute atomic E-state index is 13.9. The highest BCUT2D eigenvalue weighted by Gasteiger charge is 2.13. The van der Waals surface area contributed by atoms with Crippen LogP contribution in [-0.4, -0.2) is 11.8 Å². The predicted octanol–water partition coefficient (Wildman–Crippen LogP) is 4.26. The molecule has 0 saturated carbocycles. The molecule has 2 N–H and O–H groups in total. The largest absolute Gasteiger partial charge is 0.322 e. The molecule has 128 valence electrons. The summed E-state index contributed by atoms with van der Waals surface area (Å²) in [7, 11) is 0. The van der Waals surface area contributed by atoms with Crippen molar-refractivity contribution in [3.8, 4) is 6.07 Å². The number of rotatable bonds is 4. The van der Waals surface area contributed by atoms with Gasteiger partial charge in [0, 0.05) is 11.4 Å². The van der Waals surface area contributed by atoms with Crippen LogP contribution in [0.1, 0.15) is 25.6 Å². The highest BCUT2D eigenvalue weighted by atomic mass is 32.1. The van der Waals surface area contributed by atoms with Crippen LogP contribution in [0, 0.1) is 17.1 Å². The van der Waals surface area contributed by atoms with Crippen molar-refractivity contribution in [1.29, 1.82) is 5.26 Å². The third-order valence-electron chi connectivity index (χ3n) is 3.49. The zero-order valence-electron chi connectivity index (χ0n) is 13.3. The zero-order valence-corrected chi connectivity index (χ0v) is 14.1. The quantitative estimate of drug-likeness (QED) is 0.725. The van der Waals surface area contributed by atoms with Crippen molar-refractivity contribution in [2.75, 3.05) is 10.6 Å². The van der Waals surface area contributed by atoms with Gasteiger partial charge in [0.25, 0.3) is 11.8 Å². The smallest absolute Gasteiger partial charge is 0.265 e. The molecule has 0 fully saturated rings. The van der Waals surface area contributed by atoms with Crippen LogP contribution in [0.15, 0.2) is 60.0 Å². The fraction of sp³-hybridized carbons (Fsp3) is 0. The molecule has 2 aromatic carbocycles. The molecule has 5 nitrogen and oxygen atoms in total. The second kappa shape index (κ2) is 7.59.